The molecule has 1 aromatic heterocycles. The summed E-state index contributed by atoms with van der Waals surface area (Å²) in [5.74, 6) is 2.77. The number of halogens is 2. The maximum Gasteiger partial charge on any atom is 0.326 e. The average molecular weight is 677 g/mol. The molecule has 1 fully saturated rings. The summed E-state index contributed by atoms with van der Waals surface area (Å²) < 4.78 is 16.8. The van der Waals surface area contributed by atoms with Crippen molar-refractivity contribution >= 4 is 46.5 Å². The van der Waals surface area contributed by atoms with Crippen molar-refractivity contribution in [1.29, 1.82) is 0 Å². The van der Waals surface area contributed by atoms with E-state index < -0.39 is 0 Å². The first-order valence-electron chi connectivity index (χ1n) is 15.5. The minimum absolute atomic E-state index is 0.169. The smallest absolute Gasteiger partial charge is 0.326 e. The van der Waals surface area contributed by atoms with Gasteiger partial charge in [-0.05, 0) is 66.9 Å². The van der Waals surface area contributed by atoms with E-state index in [1.54, 1.807) is 36.5 Å². The number of fused-ring (bicyclic) bond motifs is 1. The lowest BCUT2D eigenvalue weighted by Gasteiger charge is -2.34. The van der Waals surface area contributed by atoms with Gasteiger partial charge in [0.05, 0.1) is 27.6 Å². The Morgan fingerprint density at radius 1 is 0.936 bits per heavy atom. The van der Waals surface area contributed by atoms with E-state index in [0.717, 1.165) is 49.8 Å². The lowest BCUT2D eigenvalue weighted by molar-refractivity contribution is -0.133. The van der Waals surface area contributed by atoms with E-state index >= 15 is 0 Å². The molecule has 0 radical (unpaired) electrons. The number of anilines is 2. The molecule has 12 heteroatoms. The van der Waals surface area contributed by atoms with E-state index in [-0.39, 0.29) is 23.8 Å². The van der Waals surface area contributed by atoms with Crippen molar-refractivity contribution < 1.29 is 23.8 Å². The zero-order valence-corrected chi connectivity index (χ0v) is 27.5. The van der Waals surface area contributed by atoms with Gasteiger partial charge in [0, 0.05) is 51.8 Å². The van der Waals surface area contributed by atoms with E-state index in [1.807, 2.05) is 48.2 Å². The number of aromatic nitrogens is 1. The maximum absolute atomic E-state index is 12.9. The van der Waals surface area contributed by atoms with Crippen LogP contribution in [0, 0.1) is 0 Å². The summed E-state index contributed by atoms with van der Waals surface area (Å²) in [7, 11) is 0. The minimum atomic E-state index is -0.360. The van der Waals surface area contributed by atoms with Crippen LogP contribution in [0.1, 0.15) is 24.5 Å². The van der Waals surface area contributed by atoms with Crippen LogP contribution in [-0.4, -0.2) is 66.2 Å². The fraction of sp³-hybridized carbons (Fsp3) is 0.286. The molecule has 0 unspecified atom stereocenters. The normalized spacial score (nSPS) is 14.1. The van der Waals surface area contributed by atoms with Crippen LogP contribution in [0.3, 0.4) is 0 Å². The second kappa shape index (κ2) is 14.9. The van der Waals surface area contributed by atoms with E-state index in [2.05, 4.69) is 21.3 Å². The molecule has 0 aliphatic carbocycles. The Morgan fingerprint density at radius 3 is 2.45 bits per heavy atom. The average Bonchev–Trinajstić information content (AvgIpc) is 3.56. The predicted octanol–water partition coefficient (Wildman–Crippen LogP) is 7.24. The molecule has 47 heavy (non-hydrogen) atoms. The Balaban J connectivity index is 0.943. The molecule has 244 valence electrons. The number of nitrogens with one attached hydrogen (secondary N) is 1. The molecule has 3 aromatic carbocycles. The van der Waals surface area contributed by atoms with Crippen LogP contribution in [0.15, 0.2) is 79.0 Å². The number of benzene rings is 3. The van der Waals surface area contributed by atoms with Gasteiger partial charge >= 0.3 is 6.03 Å². The monoisotopic (exact) mass is 675 g/mol. The number of nitrogens with zero attached hydrogens (tertiary/aromatic N) is 4. The minimum Gasteiger partial charge on any atom is -0.454 e. The van der Waals surface area contributed by atoms with Crippen LogP contribution in [-0.2, 0) is 17.8 Å². The highest BCUT2D eigenvalue weighted by Crippen LogP contribution is 2.33. The Kier molecular flexibility index (Phi) is 10.3. The summed E-state index contributed by atoms with van der Waals surface area (Å²) in [6.07, 6.45) is 2.68. The van der Waals surface area contributed by atoms with Crippen LogP contribution in [0.2, 0.25) is 10.0 Å². The van der Waals surface area contributed by atoms with Gasteiger partial charge in [0.25, 0.3) is 0 Å². The van der Waals surface area contributed by atoms with Crippen LogP contribution in [0.5, 0.6) is 23.1 Å². The number of hydrogen-bond donors (Lipinski definition) is 1. The number of urea groups is 1. The number of carbonyl (C=O) groups is 2. The van der Waals surface area contributed by atoms with Gasteiger partial charge < -0.3 is 24.4 Å². The number of pyridine rings is 1. The number of amides is 3. The SMILES string of the molecule is CCN(C(=O)Nc1cccc(Cl)c1Cl)c1ccc(Oc2ccc(CCC(=O)N3CCN(Cc4ccc5c(c4)OCO5)CC3)cc2)nc1. The fourth-order valence-electron chi connectivity index (χ4n) is 5.53. The summed E-state index contributed by atoms with van der Waals surface area (Å²) >= 11 is 12.3. The third-order valence-electron chi connectivity index (χ3n) is 8.13. The maximum atomic E-state index is 12.9. The molecule has 2 aliphatic rings. The Labute approximate surface area is 283 Å². The molecule has 2 aliphatic heterocycles. The zero-order chi connectivity index (χ0) is 32.8. The molecule has 0 bridgehead atoms. The number of aryl methyl sites for hydroxylation is 1. The molecule has 0 atom stereocenters. The summed E-state index contributed by atoms with van der Waals surface area (Å²) in [4.78, 5) is 36.1. The van der Waals surface area contributed by atoms with Gasteiger partial charge in [-0.2, -0.15) is 0 Å². The standard InChI is InChI=1S/C35H35Cl2N5O5/c1-2-42(35(44)39-29-5-3-4-28(36)34(29)37)26-10-14-32(38-21-26)47-27-11-6-24(7-12-27)9-15-33(43)41-18-16-40(17-19-41)22-25-8-13-30-31(20-25)46-23-45-30/h3-8,10-14,20-21H,2,9,15-19,22-23H2,1H3,(H,39,44). The number of rotatable bonds is 10. The van der Waals surface area contributed by atoms with Gasteiger partial charge in [0.2, 0.25) is 18.6 Å². The van der Waals surface area contributed by atoms with Crippen molar-refractivity contribution in [2.24, 2.45) is 0 Å². The van der Waals surface area contributed by atoms with Gasteiger partial charge in [-0.3, -0.25) is 14.6 Å². The number of hydrogen-bond acceptors (Lipinski definition) is 7. The first kappa shape index (κ1) is 32.4. The van der Waals surface area contributed by atoms with Crippen LogP contribution in [0.4, 0.5) is 16.2 Å². The largest absolute Gasteiger partial charge is 0.454 e. The van der Waals surface area contributed by atoms with Gasteiger partial charge in [-0.25, -0.2) is 9.78 Å². The van der Waals surface area contributed by atoms with Crippen LogP contribution < -0.4 is 24.4 Å². The highest BCUT2D eigenvalue weighted by atomic mass is 35.5. The summed E-state index contributed by atoms with van der Waals surface area (Å²) in [6.45, 7) is 6.48. The van der Waals surface area contributed by atoms with E-state index in [1.165, 1.54) is 10.5 Å². The van der Waals surface area contributed by atoms with Gasteiger partial charge in [-0.1, -0.05) is 47.5 Å². The van der Waals surface area contributed by atoms with Crippen molar-refractivity contribution in [3.8, 4) is 23.1 Å². The molecular weight excluding hydrogens is 641 g/mol. The van der Waals surface area contributed by atoms with E-state index in [0.29, 0.717) is 47.4 Å². The number of ether oxygens (including phenoxy) is 3. The number of carbonyl (C=O) groups excluding carboxylic acids is 2. The summed E-state index contributed by atoms with van der Waals surface area (Å²) in [5, 5.41) is 3.43. The van der Waals surface area contributed by atoms with Crippen molar-refractivity contribution in [3.05, 3.63) is 100 Å². The molecule has 6 rings (SSSR count). The highest BCUT2D eigenvalue weighted by molar-refractivity contribution is 6.44. The summed E-state index contributed by atoms with van der Waals surface area (Å²) in [5.41, 5.74) is 3.26. The molecule has 0 spiro atoms. The molecule has 10 nitrogen and oxygen atoms in total. The molecule has 3 amide bonds. The van der Waals surface area contributed by atoms with Gasteiger partial charge in [0.1, 0.15) is 5.75 Å². The first-order chi connectivity index (χ1) is 22.9. The van der Waals surface area contributed by atoms with Crippen molar-refractivity contribution in [1.82, 2.24) is 14.8 Å². The van der Waals surface area contributed by atoms with Crippen molar-refractivity contribution in [2.45, 2.75) is 26.3 Å². The second-order valence-corrected chi connectivity index (χ2v) is 12.0. The lowest BCUT2D eigenvalue weighted by atomic mass is 10.1. The molecule has 1 N–H and O–H groups in total. The Hall–Kier alpha value is -4.51. The molecule has 4 aromatic rings. The van der Waals surface area contributed by atoms with Crippen LogP contribution >= 0.6 is 23.2 Å². The van der Waals surface area contributed by atoms with Gasteiger partial charge in [0.15, 0.2) is 11.5 Å². The third kappa shape index (κ3) is 8.08. The summed E-state index contributed by atoms with van der Waals surface area (Å²) in [6, 6.07) is 21.9. The topological polar surface area (TPSA) is 96.5 Å². The molecule has 3 heterocycles. The number of piperazine rings is 1. The van der Waals surface area contributed by atoms with Gasteiger partial charge in [-0.15, -0.1) is 0 Å². The van der Waals surface area contributed by atoms with E-state index in [9.17, 15) is 9.59 Å². The second-order valence-electron chi connectivity index (χ2n) is 11.2. The van der Waals surface area contributed by atoms with E-state index in [4.69, 9.17) is 37.4 Å². The molecule has 1 saturated heterocycles. The fourth-order valence-corrected chi connectivity index (χ4v) is 5.87. The molecule has 0 saturated carbocycles. The zero-order valence-electron chi connectivity index (χ0n) is 26.0. The predicted molar refractivity (Wildman–Crippen MR) is 182 cm³/mol. The highest BCUT2D eigenvalue weighted by Gasteiger charge is 2.22. The quantitative estimate of drug-likeness (QED) is 0.189. The van der Waals surface area contributed by atoms with Crippen molar-refractivity contribution in [3.63, 3.8) is 0 Å². The first-order valence-corrected chi connectivity index (χ1v) is 16.3. The van der Waals surface area contributed by atoms with Crippen molar-refractivity contribution in [2.75, 3.05) is 49.7 Å². The van der Waals surface area contributed by atoms with Crippen LogP contribution in [0.25, 0.3) is 0 Å². The Bertz CT molecular complexity index is 1710. The molecular formula is C35H35Cl2N5O5. The lowest BCUT2D eigenvalue weighted by Crippen LogP contribution is -2.48. The third-order valence-corrected chi connectivity index (χ3v) is 8.95. The Morgan fingerprint density at radius 2 is 1.70 bits per heavy atom.